The summed E-state index contributed by atoms with van der Waals surface area (Å²) < 4.78 is 4.90. The number of hydrogen-bond donors (Lipinski definition) is 2. The van der Waals surface area contributed by atoms with Crippen LogP contribution in [0.4, 0.5) is 11.1 Å². The Morgan fingerprint density at radius 2 is 2.47 bits per heavy atom. The molecule has 0 aliphatic carbocycles. The minimum Gasteiger partial charge on any atom is -0.476 e. The van der Waals surface area contributed by atoms with Crippen molar-refractivity contribution in [1.82, 2.24) is 9.97 Å². The molecule has 2 heterocycles. The molecule has 0 aliphatic rings. The fraction of sp³-hybridized carbons (Fsp3) is 0.125. The van der Waals surface area contributed by atoms with Gasteiger partial charge in [0, 0.05) is 11.1 Å². The number of rotatable bonds is 3. The van der Waals surface area contributed by atoms with Crippen molar-refractivity contribution in [2.75, 3.05) is 5.32 Å². The molecule has 0 saturated carbocycles. The maximum Gasteiger partial charge on any atom is 0.357 e. The van der Waals surface area contributed by atoms with E-state index in [0.717, 1.165) is 11.1 Å². The molecule has 0 bridgehead atoms. The van der Waals surface area contributed by atoms with Gasteiger partial charge in [0.25, 0.3) is 0 Å². The summed E-state index contributed by atoms with van der Waals surface area (Å²) in [5.41, 5.74) is -0.134. The van der Waals surface area contributed by atoms with Crippen LogP contribution in [-0.4, -0.2) is 21.0 Å². The van der Waals surface area contributed by atoms with E-state index in [2.05, 4.69) is 15.3 Å². The molecule has 6 nitrogen and oxygen atoms in total. The second kappa shape index (κ2) is 3.70. The number of hydrogen-bond acceptors (Lipinski definition) is 6. The van der Waals surface area contributed by atoms with Crippen LogP contribution >= 0.6 is 11.3 Å². The first kappa shape index (κ1) is 9.66. The van der Waals surface area contributed by atoms with Crippen LogP contribution in [0.1, 0.15) is 15.4 Å². The lowest BCUT2D eigenvalue weighted by molar-refractivity contribution is 0.0690. The molecule has 2 rings (SSSR count). The third-order valence-electron chi connectivity index (χ3n) is 1.56. The number of nitrogens with zero attached hydrogens (tertiary/aromatic N) is 2. The van der Waals surface area contributed by atoms with Crippen molar-refractivity contribution >= 4 is 28.5 Å². The van der Waals surface area contributed by atoms with Crippen molar-refractivity contribution in [1.29, 1.82) is 0 Å². The third-order valence-corrected chi connectivity index (χ3v) is 2.39. The topological polar surface area (TPSA) is 88.2 Å². The number of carboxylic acid groups (broad SMARTS) is 1. The molecule has 78 valence electrons. The smallest absolute Gasteiger partial charge is 0.357 e. The SMILES string of the molecule is Cc1cnc(Nc2nc(C(=O)O)co2)s1. The predicted molar refractivity (Wildman–Crippen MR) is 53.6 cm³/mol. The quantitative estimate of drug-likeness (QED) is 0.829. The molecule has 2 aromatic rings. The highest BCUT2D eigenvalue weighted by atomic mass is 32.1. The zero-order chi connectivity index (χ0) is 10.8. The number of carbonyl (C=O) groups is 1. The lowest BCUT2D eigenvalue weighted by Crippen LogP contribution is -1.96. The highest BCUT2D eigenvalue weighted by molar-refractivity contribution is 7.15. The van der Waals surface area contributed by atoms with Crippen LogP contribution in [0.2, 0.25) is 0 Å². The van der Waals surface area contributed by atoms with Gasteiger partial charge < -0.3 is 9.52 Å². The molecule has 2 aromatic heterocycles. The molecule has 0 aromatic carbocycles. The van der Waals surface area contributed by atoms with E-state index in [4.69, 9.17) is 9.52 Å². The number of anilines is 2. The molecular formula is C8H7N3O3S. The fourth-order valence-electron chi connectivity index (χ4n) is 0.933. The normalized spacial score (nSPS) is 10.2. The molecule has 0 aliphatic heterocycles. The Hall–Kier alpha value is -1.89. The Labute approximate surface area is 88.6 Å². The van der Waals surface area contributed by atoms with Crippen molar-refractivity contribution in [3.63, 3.8) is 0 Å². The first-order valence-corrected chi connectivity index (χ1v) is 4.85. The Bertz CT molecular complexity index is 491. The van der Waals surface area contributed by atoms with E-state index in [9.17, 15) is 4.79 Å². The molecule has 0 spiro atoms. The van der Waals surface area contributed by atoms with Gasteiger partial charge in [0.2, 0.25) is 0 Å². The number of thiazole rings is 1. The van der Waals surface area contributed by atoms with Crippen LogP contribution in [-0.2, 0) is 0 Å². The van der Waals surface area contributed by atoms with E-state index in [1.165, 1.54) is 11.3 Å². The van der Waals surface area contributed by atoms with E-state index in [1.54, 1.807) is 6.20 Å². The summed E-state index contributed by atoms with van der Waals surface area (Å²) in [6.45, 7) is 1.92. The third kappa shape index (κ3) is 2.13. The summed E-state index contributed by atoms with van der Waals surface area (Å²) in [5, 5.41) is 12.0. The van der Waals surface area contributed by atoms with Gasteiger partial charge in [-0.25, -0.2) is 9.78 Å². The molecule has 0 atom stereocenters. The Kier molecular flexibility index (Phi) is 2.38. The Morgan fingerprint density at radius 1 is 1.67 bits per heavy atom. The molecule has 15 heavy (non-hydrogen) atoms. The van der Waals surface area contributed by atoms with Gasteiger partial charge in [-0.15, -0.1) is 11.3 Å². The number of aryl methyl sites for hydroxylation is 1. The number of nitrogens with one attached hydrogen (secondary N) is 1. The summed E-state index contributed by atoms with van der Waals surface area (Å²) in [5.74, 6) is -1.12. The van der Waals surface area contributed by atoms with Crippen molar-refractivity contribution in [3.8, 4) is 0 Å². The molecule has 7 heteroatoms. The second-order valence-electron chi connectivity index (χ2n) is 2.74. The maximum atomic E-state index is 10.5. The average Bonchev–Trinajstić information content (AvgIpc) is 2.76. The number of aromatic carboxylic acids is 1. The summed E-state index contributed by atoms with van der Waals surface area (Å²) in [6.07, 6.45) is 2.78. The highest BCUT2D eigenvalue weighted by Gasteiger charge is 2.11. The van der Waals surface area contributed by atoms with Crippen molar-refractivity contribution in [3.05, 3.63) is 23.0 Å². The fourth-order valence-corrected chi connectivity index (χ4v) is 1.59. The van der Waals surface area contributed by atoms with Crippen molar-refractivity contribution in [2.24, 2.45) is 0 Å². The zero-order valence-corrected chi connectivity index (χ0v) is 8.54. The molecule has 0 unspecified atom stereocenters. The van der Waals surface area contributed by atoms with E-state index in [1.807, 2.05) is 6.92 Å². The summed E-state index contributed by atoms with van der Waals surface area (Å²) in [7, 11) is 0. The van der Waals surface area contributed by atoms with Crippen LogP contribution in [0.5, 0.6) is 0 Å². The highest BCUT2D eigenvalue weighted by Crippen LogP contribution is 2.21. The molecule has 0 saturated heterocycles. The van der Waals surface area contributed by atoms with E-state index >= 15 is 0 Å². The van der Waals surface area contributed by atoms with Crippen LogP contribution in [0.15, 0.2) is 16.9 Å². The monoisotopic (exact) mass is 225 g/mol. The van der Waals surface area contributed by atoms with Gasteiger partial charge in [-0.1, -0.05) is 0 Å². The van der Waals surface area contributed by atoms with Gasteiger partial charge in [-0.2, -0.15) is 4.98 Å². The summed E-state index contributed by atoms with van der Waals surface area (Å²) in [4.78, 5) is 19.3. The average molecular weight is 225 g/mol. The number of oxazole rings is 1. The largest absolute Gasteiger partial charge is 0.476 e. The second-order valence-corrected chi connectivity index (χ2v) is 3.98. The Morgan fingerprint density at radius 3 is 3.00 bits per heavy atom. The molecule has 0 radical (unpaired) electrons. The van der Waals surface area contributed by atoms with Crippen LogP contribution < -0.4 is 5.32 Å². The van der Waals surface area contributed by atoms with Crippen LogP contribution in [0.3, 0.4) is 0 Å². The van der Waals surface area contributed by atoms with Gasteiger partial charge in [-0.3, -0.25) is 5.32 Å². The van der Waals surface area contributed by atoms with E-state index in [0.29, 0.717) is 5.13 Å². The van der Waals surface area contributed by atoms with Crippen molar-refractivity contribution in [2.45, 2.75) is 6.92 Å². The summed E-state index contributed by atoms with van der Waals surface area (Å²) >= 11 is 1.43. The lowest BCUT2D eigenvalue weighted by Gasteiger charge is -1.92. The van der Waals surface area contributed by atoms with Gasteiger partial charge in [0.1, 0.15) is 6.26 Å². The van der Waals surface area contributed by atoms with E-state index < -0.39 is 5.97 Å². The minimum absolute atomic E-state index is 0.127. The molecule has 0 amide bonds. The number of carboxylic acids is 1. The molecular weight excluding hydrogens is 218 g/mol. The van der Waals surface area contributed by atoms with Crippen LogP contribution in [0.25, 0.3) is 0 Å². The Balaban J connectivity index is 2.14. The standard InChI is InChI=1S/C8H7N3O3S/c1-4-2-9-8(15-4)11-7-10-5(3-14-7)6(12)13/h2-3H,1H3,(H,12,13)(H,9,10,11). The predicted octanol–water partition coefficient (Wildman–Crippen LogP) is 1.88. The summed E-state index contributed by atoms with van der Waals surface area (Å²) in [6, 6.07) is 0.127. The zero-order valence-electron chi connectivity index (χ0n) is 7.72. The number of aromatic nitrogens is 2. The van der Waals surface area contributed by atoms with Crippen LogP contribution in [0, 0.1) is 6.92 Å². The maximum absolute atomic E-state index is 10.5. The molecule has 2 N–H and O–H groups in total. The lowest BCUT2D eigenvalue weighted by atomic mass is 10.5. The van der Waals surface area contributed by atoms with Gasteiger partial charge >= 0.3 is 12.0 Å². The van der Waals surface area contributed by atoms with Gasteiger partial charge in [0.15, 0.2) is 10.8 Å². The first-order valence-electron chi connectivity index (χ1n) is 4.03. The van der Waals surface area contributed by atoms with Gasteiger partial charge in [-0.05, 0) is 6.92 Å². The molecule has 0 fully saturated rings. The minimum atomic E-state index is -1.12. The van der Waals surface area contributed by atoms with Gasteiger partial charge in [0.05, 0.1) is 0 Å². The van der Waals surface area contributed by atoms with E-state index in [-0.39, 0.29) is 11.7 Å². The van der Waals surface area contributed by atoms with Crippen molar-refractivity contribution < 1.29 is 14.3 Å². The first-order chi connectivity index (χ1) is 7.15.